The summed E-state index contributed by atoms with van der Waals surface area (Å²) >= 11 is 0. The summed E-state index contributed by atoms with van der Waals surface area (Å²) in [6.07, 6.45) is 0. The van der Waals surface area contributed by atoms with Crippen molar-refractivity contribution in [3.63, 3.8) is 0 Å². The molecule has 0 aliphatic carbocycles. The molecule has 4 nitrogen and oxygen atoms in total. The number of hydrogen-bond donors (Lipinski definition) is 3. The van der Waals surface area contributed by atoms with Crippen LogP contribution in [0.5, 0.6) is 0 Å². The maximum absolute atomic E-state index is 13.4. The highest BCUT2D eigenvalue weighted by atomic mass is 19.1. The fourth-order valence-electron chi connectivity index (χ4n) is 1.48. The summed E-state index contributed by atoms with van der Waals surface area (Å²) in [5.74, 6) is -3.31. The SMILES string of the molecule is CC(C)(C)NCCNc1cc(C(=O)O)c(F)cc1F. The van der Waals surface area contributed by atoms with Gasteiger partial charge in [-0.05, 0) is 26.8 Å². The second kappa shape index (κ2) is 5.97. The van der Waals surface area contributed by atoms with Crippen LogP contribution < -0.4 is 10.6 Å². The third-order valence-corrected chi connectivity index (χ3v) is 2.38. The molecule has 0 fully saturated rings. The molecule has 1 aromatic rings. The van der Waals surface area contributed by atoms with Crippen molar-refractivity contribution < 1.29 is 18.7 Å². The zero-order valence-corrected chi connectivity index (χ0v) is 11.2. The summed E-state index contributed by atoms with van der Waals surface area (Å²) in [5, 5.41) is 14.7. The molecule has 0 saturated carbocycles. The Bertz CT molecular complexity index is 470. The van der Waals surface area contributed by atoms with Gasteiger partial charge >= 0.3 is 5.97 Å². The third kappa shape index (κ3) is 4.82. The van der Waals surface area contributed by atoms with Gasteiger partial charge in [0, 0.05) is 24.7 Å². The fraction of sp³-hybridized carbons (Fsp3) is 0.462. The predicted octanol–water partition coefficient (Wildman–Crippen LogP) is 2.46. The Morgan fingerprint density at radius 3 is 2.37 bits per heavy atom. The Kier molecular flexibility index (Phi) is 4.83. The average Bonchev–Trinajstić information content (AvgIpc) is 2.24. The highest BCUT2D eigenvalue weighted by Gasteiger charge is 2.15. The molecule has 106 valence electrons. The van der Waals surface area contributed by atoms with Crippen LogP contribution in [0.1, 0.15) is 31.1 Å². The number of carboxylic acid groups (broad SMARTS) is 1. The van der Waals surface area contributed by atoms with E-state index >= 15 is 0 Å². The molecule has 0 bridgehead atoms. The molecule has 0 amide bonds. The number of hydrogen-bond acceptors (Lipinski definition) is 3. The van der Waals surface area contributed by atoms with Gasteiger partial charge in [0.2, 0.25) is 0 Å². The molecule has 6 heteroatoms. The van der Waals surface area contributed by atoms with Crippen LogP contribution in [0.2, 0.25) is 0 Å². The first-order valence-electron chi connectivity index (χ1n) is 5.92. The lowest BCUT2D eigenvalue weighted by molar-refractivity contribution is 0.0692. The lowest BCUT2D eigenvalue weighted by Crippen LogP contribution is -2.38. The topological polar surface area (TPSA) is 61.4 Å². The Morgan fingerprint density at radius 2 is 1.84 bits per heavy atom. The van der Waals surface area contributed by atoms with Crippen molar-refractivity contribution >= 4 is 11.7 Å². The monoisotopic (exact) mass is 272 g/mol. The number of aromatic carboxylic acids is 1. The second-order valence-electron chi connectivity index (χ2n) is 5.22. The Hall–Kier alpha value is -1.69. The van der Waals surface area contributed by atoms with Crippen LogP contribution in [0.4, 0.5) is 14.5 Å². The van der Waals surface area contributed by atoms with E-state index in [1.165, 1.54) is 0 Å². The number of carboxylic acids is 1. The van der Waals surface area contributed by atoms with Gasteiger partial charge in [0.05, 0.1) is 11.3 Å². The molecule has 1 rings (SSSR count). The highest BCUT2D eigenvalue weighted by molar-refractivity contribution is 5.89. The van der Waals surface area contributed by atoms with Crippen LogP contribution in [0, 0.1) is 11.6 Å². The normalized spacial score (nSPS) is 11.4. The summed E-state index contributed by atoms with van der Waals surface area (Å²) in [5.41, 5.74) is -0.628. The number of carbonyl (C=O) groups is 1. The van der Waals surface area contributed by atoms with Crippen LogP contribution in [0.3, 0.4) is 0 Å². The number of rotatable bonds is 5. The standard InChI is InChI=1S/C13H18F2N2O2/c1-13(2,3)17-5-4-16-11-6-8(12(18)19)9(14)7-10(11)15/h6-7,16-17H,4-5H2,1-3H3,(H,18,19). The minimum atomic E-state index is -1.42. The second-order valence-corrected chi connectivity index (χ2v) is 5.22. The number of halogens is 2. The van der Waals surface area contributed by atoms with Crippen LogP contribution in [0.25, 0.3) is 0 Å². The van der Waals surface area contributed by atoms with Gasteiger partial charge in [-0.25, -0.2) is 13.6 Å². The molecule has 0 atom stereocenters. The molecular formula is C13H18F2N2O2. The van der Waals surface area contributed by atoms with Gasteiger partial charge < -0.3 is 15.7 Å². The summed E-state index contributed by atoms with van der Waals surface area (Å²) in [6.45, 7) is 6.96. The van der Waals surface area contributed by atoms with Crippen LogP contribution in [-0.4, -0.2) is 29.7 Å². The van der Waals surface area contributed by atoms with E-state index in [1.54, 1.807) is 0 Å². The number of anilines is 1. The van der Waals surface area contributed by atoms with Crippen LogP contribution in [-0.2, 0) is 0 Å². The lowest BCUT2D eigenvalue weighted by Gasteiger charge is -2.20. The van der Waals surface area contributed by atoms with Crippen molar-refractivity contribution in [1.82, 2.24) is 5.32 Å². The van der Waals surface area contributed by atoms with Gasteiger partial charge in [-0.1, -0.05) is 0 Å². The molecule has 19 heavy (non-hydrogen) atoms. The van der Waals surface area contributed by atoms with E-state index in [0.717, 1.165) is 6.07 Å². The maximum atomic E-state index is 13.4. The molecule has 0 spiro atoms. The van der Waals surface area contributed by atoms with E-state index in [9.17, 15) is 13.6 Å². The van der Waals surface area contributed by atoms with Crippen molar-refractivity contribution in [2.75, 3.05) is 18.4 Å². The van der Waals surface area contributed by atoms with Crippen LogP contribution in [0.15, 0.2) is 12.1 Å². The minimum absolute atomic E-state index is 0.0190. The molecular weight excluding hydrogens is 254 g/mol. The molecule has 0 radical (unpaired) electrons. The van der Waals surface area contributed by atoms with Crippen LogP contribution >= 0.6 is 0 Å². The number of benzene rings is 1. The van der Waals surface area contributed by atoms with E-state index in [4.69, 9.17) is 5.11 Å². The maximum Gasteiger partial charge on any atom is 0.338 e. The Labute approximate surface area is 110 Å². The summed E-state index contributed by atoms with van der Waals surface area (Å²) < 4.78 is 26.6. The first-order chi connectivity index (χ1) is 8.70. The lowest BCUT2D eigenvalue weighted by atomic mass is 10.1. The van der Waals surface area contributed by atoms with Crippen molar-refractivity contribution in [3.05, 3.63) is 29.3 Å². The van der Waals surface area contributed by atoms with Gasteiger partial charge in [-0.2, -0.15) is 0 Å². The molecule has 0 aliphatic heterocycles. The summed E-state index contributed by atoms with van der Waals surface area (Å²) in [6, 6.07) is 1.53. The van der Waals surface area contributed by atoms with E-state index in [-0.39, 0.29) is 11.2 Å². The third-order valence-electron chi connectivity index (χ3n) is 2.38. The molecule has 0 heterocycles. The quantitative estimate of drug-likeness (QED) is 0.721. The zero-order chi connectivity index (χ0) is 14.6. The van der Waals surface area contributed by atoms with E-state index in [1.807, 2.05) is 20.8 Å². The van der Waals surface area contributed by atoms with Crippen molar-refractivity contribution in [2.45, 2.75) is 26.3 Å². The molecule has 0 aliphatic rings. The fourth-order valence-corrected chi connectivity index (χ4v) is 1.48. The van der Waals surface area contributed by atoms with E-state index < -0.39 is 23.2 Å². The van der Waals surface area contributed by atoms with Gasteiger partial charge in [-0.15, -0.1) is 0 Å². The van der Waals surface area contributed by atoms with Gasteiger partial charge in [0.15, 0.2) is 0 Å². The molecule has 3 N–H and O–H groups in total. The zero-order valence-electron chi connectivity index (χ0n) is 11.2. The molecule has 0 unspecified atom stereocenters. The van der Waals surface area contributed by atoms with E-state index in [0.29, 0.717) is 19.2 Å². The number of nitrogens with one attached hydrogen (secondary N) is 2. The van der Waals surface area contributed by atoms with E-state index in [2.05, 4.69) is 10.6 Å². The Morgan fingerprint density at radius 1 is 1.21 bits per heavy atom. The minimum Gasteiger partial charge on any atom is -0.478 e. The summed E-state index contributed by atoms with van der Waals surface area (Å²) in [7, 11) is 0. The van der Waals surface area contributed by atoms with Gasteiger partial charge in [0.1, 0.15) is 11.6 Å². The van der Waals surface area contributed by atoms with Gasteiger partial charge in [0.25, 0.3) is 0 Å². The summed E-state index contributed by atoms with van der Waals surface area (Å²) in [4.78, 5) is 10.7. The van der Waals surface area contributed by atoms with Crippen molar-refractivity contribution in [3.8, 4) is 0 Å². The van der Waals surface area contributed by atoms with Crippen molar-refractivity contribution in [1.29, 1.82) is 0 Å². The largest absolute Gasteiger partial charge is 0.478 e. The average molecular weight is 272 g/mol. The van der Waals surface area contributed by atoms with Crippen molar-refractivity contribution in [2.24, 2.45) is 0 Å². The smallest absolute Gasteiger partial charge is 0.338 e. The molecule has 0 saturated heterocycles. The first-order valence-corrected chi connectivity index (χ1v) is 5.92. The first kappa shape index (κ1) is 15.4. The van der Waals surface area contributed by atoms with Gasteiger partial charge in [-0.3, -0.25) is 0 Å². The predicted molar refractivity (Wildman–Crippen MR) is 69.6 cm³/mol. The molecule has 1 aromatic carbocycles. The molecule has 0 aromatic heterocycles. The Balaban J connectivity index is 2.68. The highest BCUT2D eigenvalue weighted by Crippen LogP contribution is 2.19.